The van der Waals surface area contributed by atoms with Gasteiger partial charge >= 0.3 is 0 Å². The van der Waals surface area contributed by atoms with Crippen molar-refractivity contribution in [2.45, 2.75) is 45.6 Å². The maximum atomic E-state index is 5.63. The molecule has 0 aliphatic heterocycles. The highest BCUT2D eigenvalue weighted by atomic mass is 15.3. The number of rotatable bonds is 3. The number of anilines is 1. The van der Waals surface area contributed by atoms with Crippen molar-refractivity contribution in [3.63, 3.8) is 0 Å². The number of nitrogens with zero attached hydrogens (tertiary/aromatic N) is 2. The van der Waals surface area contributed by atoms with Gasteiger partial charge in [0.05, 0.1) is 0 Å². The zero-order valence-electron chi connectivity index (χ0n) is 8.87. The minimum absolute atomic E-state index is 0.647. The standard InChI is InChI=1S/C11H19N3/c1-9-8-11(12)13-14(9)7-6-10-4-2-3-5-10/h8,10H,2-7H2,1H3,(H2,12,13). The first-order valence-corrected chi connectivity index (χ1v) is 5.55. The van der Waals surface area contributed by atoms with E-state index in [0.717, 1.165) is 12.5 Å². The lowest BCUT2D eigenvalue weighted by Crippen LogP contribution is -2.06. The molecule has 3 heteroatoms. The Balaban J connectivity index is 1.87. The molecule has 1 heterocycles. The number of aryl methyl sites for hydroxylation is 2. The number of aromatic nitrogens is 2. The van der Waals surface area contributed by atoms with E-state index in [-0.39, 0.29) is 0 Å². The average Bonchev–Trinajstić information content (AvgIpc) is 2.72. The van der Waals surface area contributed by atoms with Gasteiger partial charge in [-0.1, -0.05) is 25.7 Å². The van der Waals surface area contributed by atoms with Crippen LogP contribution >= 0.6 is 0 Å². The smallest absolute Gasteiger partial charge is 0.145 e. The Morgan fingerprint density at radius 1 is 1.50 bits per heavy atom. The molecule has 1 aliphatic rings. The van der Waals surface area contributed by atoms with Gasteiger partial charge in [-0.2, -0.15) is 5.10 Å². The molecule has 1 aromatic heterocycles. The normalized spacial score (nSPS) is 17.8. The minimum Gasteiger partial charge on any atom is -0.382 e. The van der Waals surface area contributed by atoms with E-state index >= 15 is 0 Å². The van der Waals surface area contributed by atoms with Gasteiger partial charge in [0.2, 0.25) is 0 Å². The fraction of sp³-hybridized carbons (Fsp3) is 0.727. The van der Waals surface area contributed by atoms with Crippen LogP contribution in [-0.4, -0.2) is 9.78 Å². The number of hydrogen-bond acceptors (Lipinski definition) is 2. The molecule has 1 aromatic rings. The lowest BCUT2D eigenvalue weighted by atomic mass is 10.0. The van der Waals surface area contributed by atoms with Crippen molar-refractivity contribution in [3.8, 4) is 0 Å². The molecular formula is C11H19N3. The molecule has 1 saturated carbocycles. The Hall–Kier alpha value is -0.990. The van der Waals surface area contributed by atoms with E-state index in [0.29, 0.717) is 5.82 Å². The van der Waals surface area contributed by atoms with Crippen LogP contribution in [0.3, 0.4) is 0 Å². The van der Waals surface area contributed by atoms with Gasteiger partial charge in [0.15, 0.2) is 0 Å². The Morgan fingerprint density at radius 3 is 2.79 bits per heavy atom. The summed E-state index contributed by atoms with van der Waals surface area (Å²) in [6.45, 7) is 3.10. The van der Waals surface area contributed by atoms with Gasteiger partial charge in [-0.3, -0.25) is 4.68 Å². The van der Waals surface area contributed by atoms with Gasteiger partial charge in [0.25, 0.3) is 0 Å². The monoisotopic (exact) mass is 193 g/mol. The topological polar surface area (TPSA) is 43.8 Å². The molecule has 0 spiro atoms. The molecule has 0 radical (unpaired) electrons. The molecule has 1 fully saturated rings. The summed E-state index contributed by atoms with van der Waals surface area (Å²) in [6.07, 6.45) is 6.93. The molecule has 0 unspecified atom stereocenters. The molecule has 0 amide bonds. The fourth-order valence-electron chi connectivity index (χ4n) is 2.37. The molecule has 0 atom stereocenters. The van der Waals surface area contributed by atoms with Crippen molar-refractivity contribution in [1.29, 1.82) is 0 Å². The first-order chi connectivity index (χ1) is 6.75. The predicted octanol–water partition coefficient (Wildman–Crippen LogP) is 2.35. The zero-order valence-corrected chi connectivity index (χ0v) is 8.87. The molecular weight excluding hydrogens is 174 g/mol. The van der Waals surface area contributed by atoms with Crippen molar-refractivity contribution in [1.82, 2.24) is 9.78 Å². The number of nitrogens with two attached hydrogens (primary N) is 1. The van der Waals surface area contributed by atoms with Crippen LogP contribution in [0.4, 0.5) is 5.82 Å². The van der Waals surface area contributed by atoms with Crippen LogP contribution in [0, 0.1) is 12.8 Å². The van der Waals surface area contributed by atoms with Crippen LogP contribution in [-0.2, 0) is 6.54 Å². The Labute approximate surface area is 85.3 Å². The third-order valence-corrected chi connectivity index (χ3v) is 3.22. The fourth-order valence-corrected chi connectivity index (χ4v) is 2.37. The van der Waals surface area contributed by atoms with Crippen LogP contribution in [0.5, 0.6) is 0 Å². The van der Waals surface area contributed by atoms with Gasteiger partial charge in [0.1, 0.15) is 5.82 Å². The molecule has 2 rings (SSSR count). The lowest BCUT2D eigenvalue weighted by molar-refractivity contribution is 0.436. The molecule has 0 saturated heterocycles. The summed E-state index contributed by atoms with van der Waals surface area (Å²) in [4.78, 5) is 0. The van der Waals surface area contributed by atoms with Crippen molar-refractivity contribution in [2.75, 3.05) is 5.73 Å². The van der Waals surface area contributed by atoms with Gasteiger partial charge in [-0.25, -0.2) is 0 Å². The number of nitrogen functional groups attached to an aromatic ring is 1. The summed E-state index contributed by atoms with van der Waals surface area (Å²) < 4.78 is 2.04. The summed E-state index contributed by atoms with van der Waals surface area (Å²) in [6, 6.07) is 1.94. The van der Waals surface area contributed by atoms with Crippen molar-refractivity contribution >= 4 is 5.82 Å². The van der Waals surface area contributed by atoms with Crippen LogP contribution in [0.25, 0.3) is 0 Å². The maximum absolute atomic E-state index is 5.63. The molecule has 3 nitrogen and oxygen atoms in total. The maximum Gasteiger partial charge on any atom is 0.145 e. The Morgan fingerprint density at radius 2 is 2.21 bits per heavy atom. The molecule has 1 aliphatic carbocycles. The zero-order chi connectivity index (χ0) is 9.97. The highest BCUT2D eigenvalue weighted by molar-refractivity contribution is 5.28. The van der Waals surface area contributed by atoms with Gasteiger partial charge in [-0.15, -0.1) is 0 Å². The first kappa shape index (κ1) is 9.56. The average molecular weight is 193 g/mol. The van der Waals surface area contributed by atoms with Crippen LogP contribution in [0.15, 0.2) is 6.07 Å². The van der Waals surface area contributed by atoms with E-state index in [9.17, 15) is 0 Å². The van der Waals surface area contributed by atoms with Crippen molar-refractivity contribution < 1.29 is 0 Å². The summed E-state index contributed by atoms with van der Waals surface area (Å²) in [5.41, 5.74) is 6.81. The third-order valence-electron chi connectivity index (χ3n) is 3.22. The second-order valence-corrected chi connectivity index (χ2v) is 4.37. The van der Waals surface area contributed by atoms with Gasteiger partial charge < -0.3 is 5.73 Å². The van der Waals surface area contributed by atoms with Crippen LogP contribution < -0.4 is 5.73 Å². The second-order valence-electron chi connectivity index (χ2n) is 4.37. The minimum atomic E-state index is 0.647. The third kappa shape index (κ3) is 2.08. The van der Waals surface area contributed by atoms with E-state index in [1.54, 1.807) is 0 Å². The van der Waals surface area contributed by atoms with Crippen LogP contribution in [0.2, 0.25) is 0 Å². The quantitative estimate of drug-likeness (QED) is 0.800. The second kappa shape index (κ2) is 4.03. The Kier molecular flexibility index (Phi) is 2.75. The van der Waals surface area contributed by atoms with E-state index in [1.165, 1.54) is 37.8 Å². The molecule has 14 heavy (non-hydrogen) atoms. The lowest BCUT2D eigenvalue weighted by Gasteiger charge is -2.09. The molecule has 0 aromatic carbocycles. The summed E-state index contributed by atoms with van der Waals surface area (Å²) in [7, 11) is 0. The van der Waals surface area contributed by atoms with E-state index in [2.05, 4.69) is 12.0 Å². The van der Waals surface area contributed by atoms with Crippen molar-refractivity contribution in [2.24, 2.45) is 5.92 Å². The summed E-state index contributed by atoms with van der Waals surface area (Å²) >= 11 is 0. The van der Waals surface area contributed by atoms with E-state index < -0.39 is 0 Å². The molecule has 78 valence electrons. The van der Waals surface area contributed by atoms with E-state index in [1.807, 2.05) is 10.7 Å². The number of hydrogen-bond donors (Lipinski definition) is 1. The highest BCUT2D eigenvalue weighted by Gasteiger charge is 2.15. The summed E-state index contributed by atoms with van der Waals surface area (Å²) in [5.74, 6) is 1.58. The van der Waals surface area contributed by atoms with Crippen LogP contribution in [0.1, 0.15) is 37.8 Å². The Bertz CT molecular complexity index is 297. The van der Waals surface area contributed by atoms with E-state index in [4.69, 9.17) is 5.73 Å². The summed E-state index contributed by atoms with van der Waals surface area (Å²) in [5, 5.41) is 4.27. The molecule has 0 bridgehead atoms. The highest BCUT2D eigenvalue weighted by Crippen LogP contribution is 2.27. The first-order valence-electron chi connectivity index (χ1n) is 5.55. The largest absolute Gasteiger partial charge is 0.382 e. The predicted molar refractivity (Wildman–Crippen MR) is 58.0 cm³/mol. The van der Waals surface area contributed by atoms with Gasteiger partial charge in [-0.05, 0) is 19.3 Å². The SMILES string of the molecule is Cc1cc(N)nn1CCC1CCCC1. The van der Waals surface area contributed by atoms with Gasteiger partial charge in [0, 0.05) is 18.3 Å². The van der Waals surface area contributed by atoms with Crippen molar-refractivity contribution in [3.05, 3.63) is 11.8 Å². The molecule has 2 N–H and O–H groups in total.